The average Bonchev–Trinajstić information content (AvgIpc) is 2.92. The van der Waals surface area contributed by atoms with Crippen LogP contribution in [0.2, 0.25) is 0 Å². The fraction of sp³-hybridized carbons (Fsp3) is 0.625. The van der Waals surface area contributed by atoms with E-state index in [0.717, 1.165) is 47.9 Å². The van der Waals surface area contributed by atoms with Crippen LogP contribution in [0.3, 0.4) is 0 Å². The van der Waals surface area contributed by atoms with Gasteiger partial charge in [-0.2, -0.15) is 0 Å². The molecule has 1 fully saturated rings. The van der Waals surface area contributed by atoms with Crippen molar-refractivity contribution in [2.24, 2.45) is 5.41 Å². The minimum absolute atomic E-state index is 0.289. The largest absolute Gasteiger partial charge is 0.395 e. The highest BCUT2D eigenvalue weighted by molar-refractivity contribution is 7.53. The molecule has 0 heterocycles. The molecule has 1 unspecified atom stereocenters. The minimum atomic E-state index is -2.61. The third-order valence-electron chi connectivity index (χ3n) is 8.48. The molecular formula is C32H52O9P2. The van der Waals surface area contributed by atoms with Crippen molar-refractivity contribution in [2.45, 2.75) is 103 Å². The van der Waals surface area contributed by atoms with Gasteiger partial charge in [0.2, 0.25) is 0 Å². The summed E-state index contributed by atoms with van der Waals surface area (Å²) in [4.78, 5) is 31.3. The maximum absolute atomic E-state index is 13.3. The van der Waals surface area contributed by atoms with Gasteiger partial charge >= 0.3 is 17.2 Å². The molecular weight excluding hydrogens is 590 g/mol. The molecule has 8 N–H and O–H groups in total. The van der Waals surface area contributed by atoms with E-state index in [2.05, 4.69) is 71.0 Å². The summed E-state index contributed by atoms with van der Waals surface area (Å²) in [5, 5.41) is 45.7. The van der Waals surface area contributed by atoms with E-state index in [1.54, 1.807) is 0 Å². The molecule has 1 aliphatic rings. The zero-order valence-corrected chi connectivity index (χ0v) is 28.4. The van der Waals surface area contributed by atoms with Crippen LogP contribution in [0.5, 0.6) is 0 Å². The average molecular weight is 643 g/mol. The van der Waals surface area contributed by atoms with Crippen LogP contribution >= 0.6 is 17.2 Å². The number of benzene rings is 2. The first-order valence-electron chi connectivity index (χ1n) is 14.7. The topological polar surface area (TPSA) is 171 Å². The van der Waals surface area contributed by atoms with Gasteiger partial charge in [-0.1, -0.05) is 103 Å². The molecule has 0 spiro atoms. The Kier molecular flexibility index (Phi) is 13.7. The quantitative estimate of drug-likeness (QED) is 0.170. The first kappa shape index (κ1) is 38.1. The molecule has 2 aromatic rings. The maximum atomic E-state index is 13.3. The van der Waals surface area contributed by atoms with E-state index in [-0.39, 0.29) is 16.7 Å². The van der Waals surface area contributed by atoms with Gasteiger partial charge in [0.05, 0.1) is 25.2 Å². The Labute approximate surface area is 259 Å². The Balaban J connectivity index is 0.000000821. The number of aliphatic hydroxyl groups excluding tert-OH is 3. The van der Waals surface area contributed by atoms with Crippen LogP contribution in [0, 0.1) is 12.3 Å². The molecule has 0 aliphatic heterocycles. The second-order valence-corrected chi connectivity index (χ2v) is 15.4. The van der Waals surface area contributed by atoms with Gasteiger partial charge < -0.3 is 40.0 Å². The second kappa shape index (κ2) is 15.5. The second-order valence-electron chi connectivity index (χ2n) is 13.7. The van der Waals surface area contributed by atoms with Gasteiger partial charge in [0.25, 0.3) is 0 Å². The lowest BCUT2D eigenvalue weighted by atomic mass is 9.58. The van der Waals surface area contributed by atoms with Crippen molar-refractivity contribution in [2.75, 3.05) is 19.8 Å². The molecule has 1 saturated carbocycles. The third-order valence-corrected chi connectivity index (χ3v) is 9.65. The van der Waals surface area contributed by atoms with E-state index in [4.69, 9.17) is 19.6 Å². The normalized spacial score (nSPS) is 16.7. The Morgan fingerprint density at radius 2 is 1.16 bits per heavy atom. The van der Waals surface area contributed by atoms with Crippen LogP contribution in [0.25, 0.3) is 0 Å². The first-order valence-corrected chi connectivity index (χ1v) is 17.1. The van der Waals surface area contributed by atoms with Crippen molar-refractivity contribution in [1.29, 1.82) is 0 Å². The number of hydrogen-bond donors (Lipinski definition) is 8. The van der Waals surface area contributed by atoms with Crippen LogP contribution in [0.4, 0.5) is 0 Å². The summed E-state index contributed by atoms with van der Waals surface area (Å²) in [5.74, 6) is 0.289. The molecule has 1 atom stereocenters. The van der Waals surface area contributed by atoms with E-state index in [1.165, 1.54) is 6.42 Å². The fourth-order valence-electron chi connectivity index (χ4n) is 6.20. The van der Waals surface area contributed by atoms with Crippen LogP contribution in [-0.2, 0) is 20.7 Å². The molecule has 0 bridgehead atoms. The standard InChI is InChI=1S/C32H48O4.H4O5P2/c1-22-17-26(29(2,3)4)28(27(18-22)30(5,6)7)32(36,31(19-33,20-34)21-35)25-16-12-11-15-24(25)23-13-9-8-10-14-23;1-6(2)5-7(3)4/h11-12,15-18,23,33-36H,8-10,13-14,19-21H2,1-7H3;1-4H. The maximum Gasteiger partial charge on any atom is 0.334 e. The number of rotatable bonds is 9. The number of aryl methyl sites for hydroxylation is 1. The van der Waals surface area contributed by atoms with Gasteiger partial charge in [0.1, 0.15) is 5.60 Å². The van der Waals surface area contributed by atoms with Crippen molar-refractivity contribution in [3.05, 3.63) is 69.8 Å². The van der Waals surface area contributed by atoms with Gasteiger partial charge in [-0.05, 0) is 64.3 Å². The Hall–Kier alpha value is -1.06. The van der Waals surface area contributed by atoms with Crippen molar-refractivity contribution in [3.8, 4) is 0 Å². The Morgan fingerprint density at radius 3 is 1.53 bits per heavy atom. The molecule has 0 amide bonds. The molecule has 43 heavy (non-hydrogen) atoms. The van der Waals surface area contributed by atoms with Gasteiger partial charge in [0.15, 0.2) is 0 Å². The first-order chi connectivity index (χ1) is 19.9. The summed E-state index contributed by atoms with van der Waals surface area (Å²) in [6, 6.07) is 12.2. The predicted octanol–water partition coefficient (Wildman–Crippen LogP) is 5.26. The van der Waals surface area contributed by atoms with E-state index in [0.29, 0.717) is 11.1 Å². The van der Waals surface area contributed by atoms with Gasteiger partial charge in [0, 0.05) is 0 Å². The van der Waals surface area contributed by atoms with Gasteiger partial charge in [-0.25, -0.2) is 4.31 Å². The summed E-state index contributed by atoms with van der Waals surface area (Å²) in [6.45, 7) is 13.2. The highest BCUT2D eigenvalue weighted by Gasteiger charge is 2.56. The molecule has 3 rings (SSSR count). The summed E-state index contributed by atoms with van der Waals surface area (Å²) >= 11 is 0. The lowest BCUT2D eigenvalue weighted by molar-refractivity contribution is -0.137. The van der Waals surface area contributed by atoms with Gasteiger partial charge in [-0.3, -0.25) is 0 Å². The molecule has 9 nitrogen and oxygen atoms in total. The number of hydrogen-bond acceptors (Lipinski definition) is 9. The zero-order chi connectivity index (χ0) is 32.8. The fourth-order valence-corrected chi connectivity index (χ4v) is 6.72. The van der Waals surface area contributed by atoms with E-state index in [1.807, 2.05) is 18.2 Å². The van der Waals surface area contributed by atoms with E-state index in [9.17, 15) is 20.4 Å². The highest BCUT2D eigenvalue weighted by atomic mass is 31.2. The van der Waals surface area contributed by atoms with E-state index < -0.39 is 48.0 Å². The summed E-state index contributed by atoms with van der Waals surface area (Å²) < 4.78 is 3.60. The minimum Gasteiger partial charge on any atom is -0.395 e. The third kappa shape index (κ3) is 8.81. The van der Waals surface area contributed by atoms with Crippen LogP contribution < -0.4 is 0 Å². The molecule has 0 aromatic heterocycles. The van der Waals surface area contributed by atoms with Gasteiger partial charge in [-0.15, -0.1) is 0 Å². The molecule has 0 saturated heterocycles. The number of aliphatic hydroxyl groups is 4. The van der Waals surface area contributed by atoms with Crippen molar-refractivity contribution >= 4 is 17.2 Å². The molecule has 244 valence electrons. The highest BCUT2D eigenvalue weighted by Crippen LogP contribution is 2.53. The molecule has 1 aliphatic carbocycles. The molecule has 2 aromatic carbocycles. The van der Waals surface area contributed by atoms with Crippen LogP contribution in [0.1, 0.15) is 113 Å². The summed E-state index contributed by atoms with van der Waals surface area (Å²) in [7, 11) is -5.22. The Bertz CT molecular complexity index is 1110. The lowest BCUT2D eigenvalue weighted by Crippen LogP contribution is -2.56. The van der Waals surface area contributed by atoms with E-state index >= 15 is 0 Å². The van der Waals surface area contributed by atoms with Crippen LogP contribution in [0.15, 0.2) is 36.4 Å². The van der Waals surface area contributed by atoms with Crippen LogP contribution in [-0.4, -0.2) is 59.8 Å². The monoisotopic (exact) mass is 642 g/mol. The lowest BCUT2D eigenvalue weighted by Gasteiger charge is -2.50. The Morgan fingerprint density at radius 1 is 0.721 bits per heavy atom. The smallest absolute Gasteiger partial charge is 0.334 e. The zero-order valence-electron chi connectivity index (χ0n) is 26.6. The summed E-state index contributed by atoms with van der Waals surface area (Å²) in [6.07, 6.45) is 5.60. The molecule has 0 radical (unpaired) electrons. The SMILES string of the molecule is Cc1cc(C(C)(C)C)c(C(O)(c2ccccc2C2CCCCC2)C(CO)(CO)CO)c(C(C)(C)C)c1.OP(O)OP(O)O. The predicted molar refractivity (Wildman–Crippen MR) is 171 cm³/mol. The van der Waals surface area contributed by atoms with Crippen molar-refractivity contribution in [3.63, 3.8) is 0 Å². The van der Waals surface area contributed by atoms with Crippen molar-refractivity contribution < 1.29 is 44.3 Å². The van der Waals surface area contributed by atoms with Crippen molar-refractivity contribution in [1.82, 2.24) is 0 Å². The molecule has 11 heteroatoms. The summed E-state index contributed by atoms with van der Waals surface area (Å²) in [5.41, 5.74) is 1.40.